The summed E-state index contributed by atoms with van der Waals surface area (Å²) in [5.74, 6) is -1.10. The van der Waals surface area contributed by atoms with Gasteiger partial charge in [-0.25, -0.2) is 32.1 Å². The molecular formula is C18H22F4N6O2S2. The fourth-order valence-corrected chi connectivity index (χ4v) is 5.86. The Morgan fingerprint density at radius 3 is 2.41 bits per heavy atom. The highest BCUT2D eigenvalue weighted by atomic mass is 32.2. The van der Waals surface area contributed by atoms with Gasteiger partial charge in [0, 0.05) is 38.1 Å². The Morgan fingerprint density at radius 2 is 1.84 bits per heavy atom. The van der Waals surface area contributed by atoms with Crippen molar-refractivity contribution >= 4 is 27.3 Å². The van der Waals surface area contributed by atoms with Crippen molar-refractivity contribution in [3.8, 4) is 10.6 Å². The smallest absolute Gasteiger partial charge is 0.351 e. The summed E-state index contributed by atoms with van der Waals surface area (Å²) in [5.41, 5.74) is -1.59. The molecule has 0 amide bonds. The van der Waals surface area contributed by atoms with Crippen LogP contribution in [0.3, 0.4) is 0 Å². The molecule has 0 atom stereocenters. The lowest BCUT2D eigenvalue weighted by molar-refractivity contribution is -0.140. The number of aromatic nitrogens is 3. The van der Waals surface area contributed by atoms with Crippen molar-refractivity contribution < 1.29 is 26.0 Å². The number of hydrogen-bond acceptors (Lipinski definition) is 8. The van der Waals surface area contributed by atoms with E-state index in [2.05, 4.69) is 20.3 Å². The lowest BCUT2D eigenvalue weighted by Crippen LogP contribution is -2.42. The van der Waals surface area contributed by atoms with E-state index in [1.165, 1.54) is 4.31 Å². The van der Waals surface area contributed by atoms with E-state index in [0.29, 0.717) is 44.0 Å². The van der Waals surface area contributed by atoms with Gasteiger partial charge in [-0.05, 0) is 19.9 Å². The molecule has 2 aliphatic rings. The lowest BCUT2D eigenvalue weighted by atomic mass is 10.0. The number of piperidine rings is 1. The van der Waals surface area contributed by atoms with Crippen LogP contribution in [0.4, 0.5) is 23.5 Å². The molecule has 0 spiro atoms. The first-order valence-electron chi connectivity index (χ1n) is 9.93. The number of hydrogen-bond donors (Lipinski definition) is 1. The first-order valence-corrected chi connectivity index (χ1v) is 12.6. The molecule has 2 aliphatic heterocycles. The number of nitrogens with zero attached hydrogens (tertiary/aromatic N) is 5. The van der Waals surface area contributed by atoms with E-state index in [1.54, 1.807) is 0 Å². The summed E-state index contributed by atoms with van der Waals surface area (Å²) in [6.45, 7) is 1.79. The first-order chi connectivity index (χ1) is 14.9. The van der Waals surface area contributed by atoms with Crippen molar-refractivity contribution in [2.45, 2.75) is 31.0 Å². The molecule has 176 valence electrons. The molecule has 2 aromatic rings. The number of likely N-dealkylation sites (N-methyl/N-ethyl adjacent to an activating group) is 1. The molecule has 4 rings (SSSR count). The predicted octanol–water partition coefficient (Wildman–Crippen LogP) is 2.62. The molecule has 0 radical (unpaired) electrons. The summed E-state index contributed by atoms with van der Waals surface area (Å²) < 4.78 is 80.1. The van der Waals surface area contributed by atoms with Gasteiger partial charge in [0.25, 0.3) is 0 Å². The van der Waals surface area contributed by atoms with Crippen molar-refractivity contribution in [1.82, 2.24) is 24.2 Å². The van der Waals surface area contributed by atoms with E-state index < -0.39 is 33.4 Å². The van der Waals surface area contributed by atoms with Crippen molar-refractivity contribution in [3.05, 3.63) is 22.7 Å². The molecule has 2 saturated heterocycles. The third-order valence-corrected chi connectivity index (χ3v) is 8.07. The highest BCUT2D eigenvalue weighted by molar-refractivity contribution is 7.88. The van der Waals surface area contributed by atoms with Gasteiger partial charge in [0.1, 0.15) is 5.69 Å². The van der Waals surface area contributed by atoms with Gasteiger partial charge >= 0.3 is 6.18 Å². The van der Waals surface area contributed by atoms with Crippen molar-refractivity contribution in [2.75, 3.05) is 44.8 Å². The summed E-state index contributed by atoms with van der Waals surface area (Å²) in [6.07, 6.45) is -1.83. The minimum atomic E-state index is -4.75. The van der Waals surface area contributed by atoms with E-state index in [0.717, 1.165) is 23.8 Å². The number of nitrogens with one attached hydrogen (secondary N) is 1. The maximum absolute atomic E-state index is 14.5. The van der Waals surface area contributed by atoms with Crippen LogP contribution in [-0.2, 0) is 16.2 Å². The molecule has 14 heteroatoms. The van der Waals surface area contributed by atoms with Gasteiger partial charge in [0.2, 0.25) is 16.0 Å². The highest BCUT2D eigenvalue weighted by Gasteiger charge is 2.41. The second kappa shape index (κ2) is 8.47. The van der Waals surface area contributed by atoms with Crippen LogP contribution in [0, 0.1) is 5.82 Å². The molecule has 0 saturated carbocycles. The number of halogens is 4. The monoisotopic (exact) mass is 494 g/mol. The molecule has 0 unspecified atom stereocenters. The van der Waals surface area contributed by atoms with Crippen molar-refractivity contribution in [2.24, 2.45) is 0 Å². The second-order valence-electron chi connectivity index (χ2n) is 8.12. The van der Waals surface area contributed by atoms with Crippen molar-refractivity contribution in [1.29, 1.82) is 0 Å². The SMILES string of the molecule is CN1CC(c2nc(C(F)(F)F)c(-c3nc(NC4CCN(S(C)(=O)=O)CC4)ncc3F)s2)C1. The maximum Gasteiger partial charge on any atom is 0.434 e. The Hall–Kier alpha value is -1.90. The van der Waals surface area contributed by atoms with Crippen LogP contribution in [0.25, 0.3) is 10.6 Å². The van der Waals surface area contributed by atoms with E-state index in [1.807, 2.05) is 11.9 Å². The zero-order chi connectivity index (χ0) is 23.3. The van der Waals surface area contributed by atoms with Crippen LogP contribution in [0.5, 0.6) is 0 Å². The van der Waals surface area contributed by atoms with Gasteiger partial charge in [0.15, 0.2) is 11.5 Å². The third-order valence-electron chi connectivity index (χ3n) is 5.54. The summed E-state index contributed by atoms with van der Waals surface area (Å²) in [4.78, 5) is 13.3. The quantitative estimate of drug-likeness (QED) is 0.639. The average Bonchev–Trinajstić information content (AvgIpc) is 3.12. The zero-order valence-electron chi connectivity index (χ0n) is 17.4. The predicted molar refractivity (Wildman–Crippen MR) is 111 cm³/mol. The molecule has 2 fully saturated rings. The van der Waals surface area contributed by atoms with Crippen LogP contribution in [-0.4, -0.2) is 78.1 Å². The zero-order valence-corrected chi connectivity index (χ0v) is 19.0. The third kappa shape index (κ3) is 4.87. The van der Waals surface area contributed by atoms with Gasteiger partial charge in [0.05, 0.1) is 22.3 Å². The molecule has 32 heavy (non-hydrogen) atoms. The highest BCUT2D eigenvalue weighted by Crippen LogP contribution is 2.43. The molecule has 0 aliphatic carbocycles. The van der Waals surface area contributed by atoms with E-state index >= 15 is 0 Å². The summed E-state index contributed by atoms with van der Waals surface area (Å²) in [5, 5.41) is 3.30. The van der Waals surface area contributed by atoms with E-state index in [-0.39, 0.29) is 22.8 Å². The topological polar surface area (TPSA) is 91.3 Å². The largest absolute Gasteiger partial charge is 0.434 e. The maximum atomic E-state index is 14.5. The van der Waals surface area contributed by atoms with Gasteiger partial charge in [-0.3, -0.25) is 0 Å². The van der Waals surface area contributed by atoms with Gasteiger partial charge in [-0.15, -0.1) is 11.3 Å². The molecule has 0 aromatic carbocycles. The number of likely N-dealkylation sites (tertiary alicyclic amines) is 1. The van der Waals surface area contributed by atoms with Gasteiger partial charge in [-0.2, -0.15) is 13.2 Å². The van der Waals surface area contributed by atoms with Gasteiger partial charge in [-0.1, -0.05) is 0 Å². The molecule has 2 aromatic heterocycles. The fourth-order valence-electron chi connectivity index (χ4n) is 3.83. The number of rotatable bonds is 5. The minimum absolute atomic E-state index is 0.00865. The Morgan fingerprint density at radius 1 is 1.19 bits per heavy atom. The molecule has 8 nitrogen and oxygen atoms in total. The summed E-state index contributed by atoms with van der Waals surface area (Å²) in [7, 11) is -1.43. The summed E-state index contributed by atoms with van der Waals surface area (Å²) in [6, 6.07) is -0.184. The lowest BCUT2D eigenvalue weighted by Gasteiger charge is -2.34. The Kier molecular flexibility index (Phi) is 6.15. The minimum Gasteiger partial charge on any atom is -0.351 e. The number of anilines is 1. The van der Waals surface area contributed by atoms with Gasteiger partial charge < -0.3 is 10.2 Å². The second-order valence-corrected chi connectivity index (χ2v) is 11.1. The Labute approximate surface area is 186 Å². The number of thiazole rings is 1. The first kappa shape index (κ1) is 23.3. The Balaban J connectivity index is 1.58. The van der Waals surface area contributed by atoms with Crippen LogP contribution in [0.1, 0.15) is 29.5 Å². The number of alkyl halides is 3. The van der Waals surface area contributed by atoms with E-state index in [4.69, 9.17) is 0 Å². The fraction of sp³-hybridized carbons (Fsp3) is 0.611. The van der Waals surface area contributed by atoms with Crippen LogP contribution < -0.4 is 5.32 Å². The summed E-state index contributed by atoms with van der Waals surface area (Å²) >= 11 is 0.808. The van der Waals surface area contributed by atoms with E-state index in [9.17, 15) is 26.0 Å². The van der Waals surface area contributed by atoms with Crippen LogP contribution >= 0.6 is 11.3 Å². The molecule has 1 N–H and O–H groups in total. The van der Waals surface area contributed by atoms with Crippen LogP contribution in [0.15, 0.2) is 6.20 Å². The Bertz CT molecular complexity index is 1090. The average molecular weight is 495 g/mol. The molecule has 0 bridgehead atoms. The normalized spacial score (nSPS) is 19.8. The standard InChI is InChI=1S/C18H22F4N6O2S2/c1-27-8-10(9-27)16-26-15(18(20,21)22)14(31-16)13-12(19)7-23-17(25-13)24-11-3-5-28(6-4-11)32(2,29)30/h7,10-11H,3-6,8-9H2,1-2H3,(H,23,24,25). The van der Waals surface area contributed by atoms with Crippen molar-refractivity contribution in [3.63, 3.8) is 0 Å². The van der Waals surface area contributed by atoms with Crippen LogP contribution in [0.2, 0.25) is 0 Å². The number of sulfonamides is 1. The molecule has 4 heterocycles. The molecular weight excluding hydrogens is 472 g/mol.